The van der Waals surface area contributed by atoms with Crippen molar-refractivity contribution in [2.45, 2.75) is 57.0 Å². The highest BCUT2D eigenvalue weighted by molar-refractivity contribution is 7.19. The van der Waals surface area contributed by atoms with Crippen LogP contribution in [0.15, 0.2) is 6.33 Å². The highest BCUT2D eigenvalue weighted by Crippen LogP contribution is 2.40. The number of aromatic nitrogens is 2. The van der Waals surface area contributed by atoms with Crippen LogP contribution in [0.3, 0.4) is 0 Å². The highest BCUT2D eigenvalue weighted by Gasteiger charge is 2.31. The van der Waals surface area contributed by atoms with E-state index in [2.05, 4.69) is 20.2 Å². The summed E-state index contributed by atoms with van der Waals surface area (Å²) in [4.78, 5) is 26.3. The first-order valence-corrected chi connectivity index (χ1v) is 12.0. The van der Waals surface area contributed by atoms with Crippen LogP contribution >= 0.6 is 11.3 Å². The number of hydrogen-bond donors (Lipinski definition) is 1. The van der Waals surface area contributed by atoms with E-state index in [0.29, 0.717) is 12.1 Å². The standard InChI is InChI=1S/C22H30N4O3S/c1-28-22(27)14-2-7-18-17(12-14)19-20(23-13-24-21(19)30-18)25-15-3-5-16(6-4-15)26-8-10-29-11-9-26/h13-16H,2-12H2,1H3,(H,23,24,25). The Morgan fingerprint density at radius 3 is 2.77 bits per heavy atom. The molecule has 2 aromatic heterocycles. The maximum absolute atomic E-state index is 12.1. The number of esters is 1. The number of nitrogens with one attached hydrogen (secondary N) is 1. The molecule has 7 nitrogen and oxygen atoms in total. The molecule has 162 valence electrons. The Hall–Kier alpha value is -1.77. The van der Waals surface area contributed by atoms with E-state index in [4.69, 9.17) is 9.47 Å². The molecule has 2 aromatic rings. The largest absolute Gasteiger partial charge is 0.469 e. The lowest BCUT2D eigenvalue weighted by Crippen LogP contribution is -2.46. The van der Waals surface area contributed by atoms with Gasteiger partial charge in [0.2, 0.25) is 0 Å². The predicted molar refractivity (Wildman–Crippen MR) is 117 cm³/mol. The van der Waals surface area contributed by atoms with Gasteiger partial charge in [-0.15, -0.1) is 11.3 Å². The van der Waals surface area contributed by atoms with E-state index >= 15 is 0 Å². The molecule has 0 aromatic carbocycles. The van der Waals surface area contributed by atoms with Crippen molar-refractivity contribution in [3.05, 3.63) is 16.8 Å². The smallest absolute Gasteiger partial charge is 0.309 e. The van der Waals surface area contributed by atoms with Gasteiger partial charge in [-0.25, -0.2) is 9.97 Å². The Labute approximate surface area is 181 Å². The Bertz CT molecular complexity index is 903. The molecule has 1 atom stereocenters. The van der Waals surface area contributed by atoms with Crippen LogP contribution in [0, 0.1) is 5.92 Å². The van der Waals surface area contributed by atoms with E-state index in [-0.39, 0.29) is 11.9 Å². The summed E-state index contributed by atoms with van der Waals surface area (Å²) in [5, 5.41) is 4.86. The van der Waals surface area contributed by atoms with Crippen molar-refractivity contribution in [1.82, 2.24) is 14.9 Å². The normalized spacial score (nSPS) is 27.6. The van der Waals surface area contributed by atoms with Crippen molar-refractivity contribution in [1.29, 1.82) is 0 Å². The lowest BCUT2D eigenvalue weighted by molar-refractivity contribution is -0.145. The van der Waals surface area contributed by atoms with Gasteiger partial charge in [0, 0.05) is 30.1 Å². The van der Waals surface area contributed by atoms with Gasteiger partial charge < -0.3 is 14.8 Å². The number of carbonyl (C=O) groups excluding carboxylic acids is 1. The van der Waals surface area contributed by atoms with Crippen LogP contribution in [-0.2, 0) is 27.1 Å². The molecule has 3 heterocycles. The quantitative estimate of drug-likeness (QED) is 0.747. The average Bonchev–Trinajstić information content (AvgIpc) is 3.18. The zero-order valence-electron chi connectivity index (χ0n) is 17.6. The molecule has 1 N–H and O–H groups in total. The van der Waals surface area contributed by atoms with Gasteiger partial charge in [-0.3, -0.25) is 9.69 Å². The van der Waals surface area contributed by atoms with Crippen molar-refractivity contribution in [3.63, 3.8) is 0 Å². The number of methoxy groups -OCH3 is 1. The number of rotatable bonds is 4. The molecule has 2 fully saturated rings. The molecule has 0 bridgehead atoms. The first-order valence-electron chi connectivity index (χ1n) is 11.1. The summed E-state index contributed by atoms with van der Waals surface area (Å²) < 4.78 is 10.5. The third-order valence-electron chi connectivity index (χ3n) is 6.98. The van der Waals surface area contributed by atoms with E-state index in [1.165, 1.54) is 30.4 Å². The predicted octanol–water partition coefficient (Wildman–Crippen LogP) is 3.02. The number of hydrogen-bond acceptors (Lipinski definition) is 8. The second-order valence-electron chi connectivity index (χ2n) is 8.67. The minimum atomic E-state index is -0.104. The molecule has 5 rings (SSSR count). The Morgan fingerprint density at radius 1 is 1.20 bits per heavy atom. The maximum Gasteiger partial charge on any atom is 0.309 e. The van der Waals surface area contributed by atoms with E-state index < -0.39 is 0 Å². The molecule has 3 aliphatic rings. The minimum absolute atomic E-state index is 0.0580. The molecule has 1 unspecified atom stereocenters. The van der Waals surface area contributed by atoms with Gasteiger partial charge in [0.1, 0.15) is 17.0 Å². The lowest BCUT2D eigenvalue weighted by atomic mass is 9.87. The van der Waals surface area contributed by atoms with Crippen LogP contribution in [-0.4, -0.2) is 66.3 Å². The van der Waals surface area contributed by atoms with E-state index in [9.17, 15) is 4.79 Å². The zero-order valence-corrected chi connectivity index (χ0v) is 18.4. The fraction of sp³-hybridized carbons (Fsp3) is 0.682. The van der Waals surface area contributed by atoms with Crippen molar-refractivity contribution in [2.24, 2.45) is 5.92 Å². The fourth-order valence-electron chi connectivity index (χ4n) is 5.31. The second-order valence-corrected chi connectivity index (χ2v) is 9.75. The average molecular weight is 431 g/mol. The molecular formula is C22H30N4O3S. The van der Waals surface area contributed by atoms with Crippen molar-refractivity contribution >= 4 is 33.3 Å². The van der Waals surface area contributed by atoms with Gasteiger partial charge in [0.05, 0.1) is 31.6 Å². The van der Waals surface area contributed by atoms with Crippen LogP contribution in [0.4, 0.5) is 5.82 Å². The van der Waals surface area contributed by atoms with Gasteiger partial charge in [0.15, 0.2) is 0 Å². The Kier molecular flexibility index (Phi) is 5.89. The highest BCUT2D eigenvalue weighted by atomic mass is 32.1. The lowest BCUT2D eigenvalue weighted by Gasteiger charge is -2.39. The second kappa shape index (κ2) is 8.77. The van der Waals surface area contributed by atoms with Crippen LogP contribution in [0.2, 0.25) is 0 Å². The van der Waals surface area contributed by atoms with Crippen LogP contribution in [0.5, 0.6) is 0 Å². The number of anilines is 1. The first-order chi connectivity index (χ1) is 14.7. The maximum atomic E-state index is 12.1. The van der Waals surface area contributed by atoms with Crippen molar-refractivity contribution in [3.8, 4) is 0 Å². The molecule has 0 spiro atoms. The summed E-state index contributed by atoms with van der Waals surface area (Å²) in [6.45, 7) is 3.87. The van der Waals surface area contributed by atoms with Gasteiger partial charge in [-0.05, 0) is 50.5 Å². The van der Waals surface area contributed by atoms with Crippen LogP contribution < -0.4 is 5.32 Å². The molecule has 8 heteroatoms. The number of aryl methyl sites for hydroxylation is 1. The summed E-state index contributed by atoms with van der Waals surface area (Å²) >= 11 is 1.75. The Morgan fingerprint density at radius 2 is 2.00 bits per heavy atom. The van der Waals surface area contributed by atoms with Gasteiger partial charge >= 0.3 is 5.97 Å². The third-order valence-corrected chi connectivity index (χ3v) is 8.18. The molecule has 30 heavy (non-hydrogen) atoms. The number of thiophene rings is 1. The van der Waals surface area contributed by atoms with Crippen LogP contribution in [0.25, 0.3) is 10.2 Å². The van der Waals surface area contributed by atoms with E-state index in [1.807, 2.05) is 0 Å². The number of fused-ring (bicyclic) bond motifs is 3. The summed E-state index contributed by atoms with van der Waals surface area (Å²) in [6, 6.07) is 1.13. The van der Waals surface area contributed by atoms with Crippen molar-refractivity contribution < 1.29 is 14.3 Å². The SMILES string of the molecule is COC(=O)C1CCc2sc3ncnc(NC4CCC(N5CCOCC5)CC4)c3c2C1. The van der Waals surface area contributed by atoms with E-state index in [1.54, 1.807) is 17.7 Å². The monoisotopic (exact) mass is 430 g/mol. The van der Waals surface area contributed by atoms with Gasteiger partial charge in [0.25, 0.3) is 0 Å². The molecule has 0 amide bonds. The molecule has 1 aliphatic heterocycles. The molecule has 0 radical (unpaired) electrons. The topological polar surface area (TPSA) is 76.6 Å². The molecular weight excluding hydrogens is 400 g/mol. The number of ether oxygens (including phenoxy) is 2. The van der Waals surface area contributed by atoms with Gasteiger partial charge in [-0.1, -0.05) is 0 Å². The fourth-order valence-corrected chi connectivity index (χ4v) is 6.49. The summed E-state index contributed by atoms with van der Waals surface area (Å²) in [6.07, 6.45) is 8.93. The van der Waals surface area contributed by atoms with E-state index in [0.717, 1.165) is 74.4 Å². The number of morpholine rings is 1. The van der Waals surface area contributed by atoms with Crippen LogP contribution in [0.1, 0.15) is 42.5 Å². The first kappa shape index (κ1) is 20.2. The summed E-state index contributed by atoms with van der Waals surface area (Å²) in [5.74, 6) is 0.781. The molecule has 1 saturated heterocycles. The molecule has 1 saturated carbocycles. The Balaban J connectivity index is 1.31. The summed E-state index contributed by atoms with van der Waals surface area (Å²) in [5.41, 5.74) is 1.25. The van der Waals surface area contributed by atoms with Gasteiger partial charge in [-0.2, -0.15) is 0 Å². The summed E-state index contributed by atoms with van der Waals surface area (Å²) in [7, 11) is 1.48. The number of nitrogens with zero attached hydrogens (tertiary/aromatic N) is 3. The molecule has 2 aliphatic carbocycles. The third kappa shape index (κ3) is 3.92. The number of carbonyl (C=O) groups is 1. The minimum Gasteiger partial charge on any atom is -0.469 e. The van der Waals surface area contributed by atoms with Crippen molar-refractivity contribution in [2.75, 3.05) is 38.7 Å². The zero-order chi connectivity index (χ0) is 20.5.